The van der Waals surface area contributed by atoms with E-state index in [1.165, 1.54) is 0 Å². The summed E-state index contributed by atoms with van der Waals surface area (Å²) in [5, 5.41) is 7.65. The van der Waals surface area contributed by atoms with Crippen LogP contribution in [0.4, 0.5) is 4.39 Å². The molecule has 7 nitrogen and oxygen atoms in total. The molecule has 4 heterocycles. The molecule has 2 fully saturated rings. The minimum absolute atomic E-state index is 0.0367. The second-order valence-electron chi connectivity index (χ2n) is 7.79. The molecule has 8 heteroatoms. The summed E-state index contributed by atoms with van der Waals surface area (Å²) in [7, 11) is 0. The Balaban J connectivity index is 1.25. The molecule has 0 aliphatic carbocycles. The molecule has 0 atom stereocenters. The second kappa shape index (κ2) is 8.82. The molecule has 2 saturated heterocycles. The number of piperidine rings is 2. The van der Waals surface area contributed by atoms with Crippen LogP contribution in [0.2, 0.25) is 0 Å². The molecule has 0 aromatic carbocycles. The van der Waals surface area contributed by atoms with E-state index >= 15 is 4.39 Å². The van der Waals surface area contributed by atoms with Gasteiger partial charge in [0.25, 0.3) is 5.91 Å². The molecule has 154 valence electrons. The number of aromatic nitrogens is 3. The molecule has 0 spiro atoms. The Hall–Kier alpha value is -2.61. The van der Waals surface area contributed by atoms with Crippen LogP contribution in [0.3, 0.4) is 0 Å². The van der Waals surface area contributed by atoms with Crippen LogP contribution in [0.15, 0.2) is 43.0 Å². The summed E-state index contributed by atoms with van der Waals surface area (Å²) < 4.78 is 21.3. The molecule has 2 aliphatic rings. The fourth-order valence-corrected chi connectivity index (χ4v) is 4.02. The van der Waals surface area contributed by atoms with Gasteiger partial charge in [-0.1, -0.05) is 0 Å². The zero-order valence-electron chi connectivity index (χ0n) is 16.4. The van der Waals surface area contributed by atoms with Gasteiger partial charge in [0.2, 0.25) is 0 Å². The number of rotatable bonds is 5. The van der Waals surface area contributed by atoms with Gasteiger partial charge in [0.05, 0.1) is 12.4 Å². The summed E-state index contributed by atoms with van der Waals surface area (Å²) in [4.78, 5) is 20.7. The molecule has 2 aliphatic heterocycles. The minimum Gasteiger partial charge on any atom is -0.489 e. The molecule has 0 unspecified atom stereocenters. The quantitative estimate of drug-likeness (QED) is 0.768. The molecule has 29 heavy (non-hydrogen) atoms. The van der Waals surface area contributed by atoms with Crippen molar-refractivity contribution in [3.8, 4) is 5.75 Å². The normalized spacial score (nSPS) is 20.4. The molecular formula is C21H26FN5O2. The van der Waals surface area contributed by atoms with E-state index in [9.17, 15) is 4.79 Å². The van der Waals surface area contributed by atoms with Crippen LogP contribution in [0.1, 0.15) is 31.2 Å². The number of halogens is 1. The predicted molar refractivity (Wildman–Crippen MR) is 105 cm³/mol. The van der Waals surface area contributed by atoms with Crippen LogP contribution in [-0.2, 0) is 11.3 Å². The molecule has 4 rings (SSSR count). The van der Waals surface area contributed by atoms with Crippen molar-refractivity contribution in [1.29, 1.82) is 0 Å². The number of ether oxygens (including phenoxy) is 1. The Morgan fingerprint density at radius 1 is 1.10 bits per heavy atom. The van der Waals surface area contributed by atoms with E-state index in [1.54, 1.807) is 29.7 Å². The molecule has 0 saturated carbocycles. The highest BCUT2D eigenvalue weighted by Gasteiger charge is 2.44. The maximum Gasteiger partial charge on any atom is 0.260 e. The third-order valence-corrected chi connectivity index (χ3v) is 5.75. The van der Waals surface area contributed by atoms with Crippen molar-refractivity contribution in [1.82, 2.24) is 25.0 Å². The van der Waals surface area contributed by atoms with Crippen molar-refractivity contribution >= 4 is 5.91 Å². The van der Waals surface area contributed by atoms with Gasteiger partial charge in [-0.25, -0.2) is 4.39 Å². The molecule has 2 aromatic heterocycles. The number of amides is 1. The molecule has 2 aromatic rings. The van der Waals surface area contributed by atoms with Crippen molar-refractivity contribution in [2.75, 3.05) is 26.2 Å². The van der Waals surface area contributed by atoms with Gasteiger partial charge in [-0.3, -0.25) is 14.7 Å². The fraction of sp³-hybridized carbons (Fsp3) is 0.524. The lowest BCUT2D eigenvalue weighted by molar-refractivity contribution is -0.149. The highest BCUT2D eigenvalue weighted by Crippen LogP contribution is 2.31. The van der Waals surface area contributed by atoms with Crippen LogP contribution in [0.5, 0.6) is 5.75 Å². The summed E-state index contributed by atoms with van der Waals surface area (Å²) in [5.74, 6) is 0.374. The van der Waals surface area contributed by atoms with E-state index in [2.05, 4.69) is 20.1 Å². The van der Waals surface area contributed by atoms with Gasteiger partial charge in [0.15, 0.2) is 5.67 Å². The van der Waals surface area contributed by atoms with Gasteiger partial charge in [-0.05, 0) is 23.8 Å². The van der Waals surface area contributed by atoms with Crippen LogP contribution in [0.25, 0.3) is 0 Å². The number of alkyl halides is 1. The maximum atomic E-state index is 15.4. The van der Waals surface area contributed by atoms with E-state index in [-0.39, 0.29) is 24.9 Å². The molecule has 1 amide bonds. The molecule has 0 bridgehead atoms. The lowest BCUT2D eigenvalue weighted by Crippen LogP contribution is -2.54. The Kier molecular flexibility index (Phi) is 5.99. The summed E-state index contributed by atoms with van der Waals surface area (Å²) in [6.45, 7) is 2.89. The van der Waals surface area contributed by atoms with Crippen molar-refractivity contribution in [2.45, 2.75) is 44.0 Å². The zero-order chi connectivity index (χ0) is 20.1. The third-order valence-electron chi connectivity index (χ3n) is 5.75. The van der Waals surface area contributed by atoms with Crippen molar-refractivity contribution in [2.24, 2.45) is 0 Å². The van der Waals surface area contributed by atoms with E-state index in [0.29, 0.717) is 45.6 Å². The lowest BCUT2D eigenvalue weighted by Gasteiger charge is -2.40. The van der Waals surface area contributed by atoms with E-state index in [1.807, 2.05) is 18.2 Å². The highest BCUT2D eigenvalue weighted by molar-refractivity contribution is 5.85. The van der Waals surface area contributed by atoms with E-state index in [4.69, 9.17) is 4.74 Å². The molecule has 0 radical (unpaired) electrons. The van der Waals surface area contributed by atoms with Gasteiger partial charge in [0.1, 0.15) is 11.9 Å². The van der Waals surface area contributed by atoms with Gasteiger partial charge >= 0.3 is 0 Å². The number of likely N-dealkylation sites (tertiary alicyclic amines) is 2. The van der Waals surface area contributed by atoms with E-state index in [0.717, 1.165) is 11.3 Å². The summed E-state index contributed by atoms with van der Waals surface area (Å²) in [6.07, 6.45) is 8.68. The summed E-state index contributed by atoms with van der Waals surface area (Å²) >= 11 is 0. The highest BCUT2D eigenvalue weighted by atomic mass is 19.1. The number of hydrogen-bond acceptors (Lipinski definition) is 6. The molecule has 0 N–H and O–H groups in total. The minimum atomic E-state index is -1.76. The van der Waals surface area contributed by atoms with Gasteiger partial charge in [0, 0.05) is 70.8 Å². The Morgan fingerprint density at radius 3 is 2.55 bits per heavy atom. The SMILES string of the molecule is O=C(N1CCC(Oc2cccnc2)CC1)C1(F)CCN(Cc2ccnnc2)CC1. The van der Waals surface area contributed by atoms with Crippen LogP contribution in [0, 0.1) is 0 Å². The van der Waals surface area contributed by atoms with Gasteiger partial charge in [-0.2, -0.15) is 10.2 Å². The Bertz CT molecular complexity index is 791. The second-order valence-corrected chi connectivity index (χ2v) is 7.79. The van der Waals surface area contributed by atoms with E-state index < -0.39 is 5.67 Å². The van der Waals surface area contributed by atoms with Crippen LogP contribution in [-0.4, -0.2) is 68.8 Å². The average Bonchev–Trinajstić information content (AvgIpc) is 2.77. The Labute approximate surface area is 169 Å². The number of pyridine rings is 1. The lowest BCUT2D eigenvalue weighted by atomic mass is 9.90. The average molecular weight is 399 g/mol. The first-order chi connectivity index (χ1) is 14.1. The first kappa shape index (κ1) is 19.7. The summed E-state index contributed by atoms with van der Waals surface area (Å²) in [6, 6.07) is 5.61. The van der Waals surface area contributed by atoms with Gasteiger partial charge < -0.3 is 9.64 Å². The number of carbonyl (C=O) groups is 1. The predicted octanol–water partition coefficient (Wildman–Crippen LogP) is 2.25. The first-order valence-electron chi connectivity index (χ1n) is 10.2. The van der Waals surface area contributed by atoms with Crippen LogP contribution < -0.4 is 4.74 Å². The van der Waals surface area contributed by atoms with Crippen molar-refractivity contribution in [3.63, 3.8) is 0 Å². The standard InChI is InChI=1S/C21H26FN5O2/c22-21(6-12-26(13-7-21)16-17-3-9-24-25-14-17)20(28)27-10-4-18(5-11-27)29-19-2-1-8-23-15-19/h1-3,8-9,14-15,18H,4-7,10-13,16H2. The van der Waals surface area contributed by atoms with Gasteiger partial charge in [-0.15, -0.1) is 0 Å². The maximum absolute atomic E-state index is 15.4. The monoisotopic (exact) mass is 399 g/mol. The molecular weight excluding hydrogens is 373 g/mol. The van der Waals surface area contributed by atoms with Crippen molar-refractivity contribution < 1.29 is 13.9 Å². The Morgan fingerprint density at radius 2 is 1.90 bits per heavy atom. The topological polar surface area (TPSA) is 71.5 Å². The number of hydrogen-bond donors (Lipinski definition) is 0. The summed E-state index contributed by atoms with van der Waals surface area (Å²) in [5.41, 5.74) is -0.710. The zero-order valence-corrected chi connectivity index (χ0v) is 16.4. The number of carbonyl (C=O) groups excluding carboxylic acids is 1. The van der Waals surface area contributed by atoms with Crippen molar-refractivity contribution in [3.05, 3.63) is 48.5 Å². The largest absolute Gasteiger partial charge is 0.489 e. The number of nitrogens with zero attached hydrogens (tertiary/aromatic N) is 5. The van der Waals surface area contributed by atoms with Crippen LogP contribution >= 0.6 is 0 Å². The fourth-order valence-electron chi connectivity index (χ4n) is 4.02. The smallest absolute Gasteiger partial charge is 0.260 e. The first-order valence-corrected chi connectivity index (χ1v) is 10.2. The third kappa shape index (κ3) is 4.87.